The summed E-state index contributed by atoms with van der Waals surface area (Å²) in [6.07, 6.45) is 3.15. The lowest BCUT2D eigenvalue weighted by Crippen LogP contribution is -1.97. The van der Waals surface area contributed by atoms with E-state index in [4.69, 9.17) is 5.73 Å². The van der Waals surface area contributed by atoms with Crippen LogP contribution in [-0.2, 0) is 0 Å². The fraction of sp³-hybridized carbons (Fsp3) is 0.600. The largest absolute Gasteiger partial charge is 0.384 e. The molecule has 0 saturated heterocycles. The van der Waals surface area contributed by atoms with Gasteiger partial charge in [0.05, 0.1) is 0 Å². The smallest absolute Gasteiger partial charge is 0.190 e. The minimum Gasteiger partial charge on any atom is -0.384 e. The summed E-state index contributed by atoms with van der Waals surface area (Å²) in [5.41, 5.74) is 5.69. The van der Waals surface area contributed by atoms with Crippen molar-refractivity contribution in [2.24, 2.45) is 5.92 Å². The molecule has 0 atom stereocenters. The van der Waals surface area contributed by atoms with Crippen LogP contribution in [0.4, 0.5) is 5.82 Å². The van der Waals surface area contributed by atoms with Crippen molar-refractivity contribution in [3.05, 3.63) is 6.07 Å². The van der Waals surface area contributed by atoms with Crippen LogP contribution in [-0.4, -0.2) is 22.0 Å². The predicted octanol–water partition coefficient (Wildman–Crippen LogP) is 2.92. The summed E-state index contributed by atoms with van der Waals surface area (Å²) in [7, 11) is 0. The molecule has 0 aliphatic carbocycles. The highest BCUT2D eigenvalue weighted by molar-refractivity contribution is 7.99. The Morgan fingerprint density at radius 3 is 2.73 bits per heavy atom. The quantitative estimate of drug-likeness (QED) is 0.489. The highest BCUT2D eigenvalue weighted by atomic mass is 32.2. The summed E-state index contributed by atoms with van der Waals surface area (Å²) in [5, 5.41) is 1.73. The number of aromatic nitrogens is 2. The monoisotopic (exact) mass is 243 g/mol. The normalized spacial score (nSPS) is 10.9. The summed E-state index contributed by atoms with van der Waals surface area (Å²) < 4.78 is 0. The van der Waals surface area contributed by atoms with E-state index in [0.29, 0.717) is 5.82 Å². The topological polar surface area (TPSA) is 51.8 Å². The fourth-order valence-corrected chi connectivity index (χ4v) is 2.58. The second kappa shape index (κ2) is 6.23. The molecule has 15 heavy (non-hydrogen) atoms. The molecule has 3 nitrogen and oxygen atoms in total. The van der Waals surface area contributed by atoms with Gasteiger partial charge in [-0.3, -0.25) is 0 Å². The van der Waals surface area contributed by atoms with Gasteiger partial charge in [0.2, 0.25) is 0 Å². The third-order valence-electron chi connectivity index (χ3n) is 1.83. The number of nitrogens with zero attached hydrogens (tertiary/aromatic N) is 2. The van der Waals surface area contributed by atoms with Crippen LogP contribution in [0, 0.1) is 5.92 Å². The van der Waals surface area contributed by atoms with Crippen molar-refractivity contribution >= 4 is 29.3 Å². The minimum atomic E-state index is 0.557. The van der Waals surface area contributed by atoms with Crippen LogP contribution in [0.15, 0.2) is 16.2 Å². The minimum absolute atomic E-state index is 0.557. The van der Waals surface area contributed by atoms with Crippen LogP contribution in [0.3, 0.4) is 0 Å². The number of hydrogen-bond donors (Lipinski definition) is 1. The van der Waals surface area contributed by atoms with E-state index in [1.165, 1.54) is 18.2 Å². The summed E-state index contributed by atoms with van der Waals surface area (Å²) in [6.45, 7) is 4.45. The lowest BCUT2D eigenvalue weighted by molar-refractivity contribution is 0.631. The molecular formula is C10H17N3S2. The predicted molar refractivity (Wildman–Crippen MR) is 68.4 cm³/mol. The van der Waals surface area contributed by atoms with Gasteiger partial charge in [-0.25, -0.2) is 9.97 Å². The molecule has 1 aromatic heterocycles. The van der Waals surface area contributed by atoms with Crippen LogP contribution in [0.1, 0.15) is 20.3 Å². The third-order valence-corrected chi connectivity index (χ3v) is 3.32. The maximum atomic E-state index is 5.69. The van der Waals surface area contributed by atoms with Gasteiger partial charge in [-0.1, -0.05) is 25.6 Å². The molecule has 0 aliphatic heterocycles. The number of nitrogen functional groups attached to an aromatic ring is 1. The molecule has 0 spiro atoms. The van der Waals surface area contributed by atoms with Gasteiger partial charge in [0.15, 0.2) is 5.16 Å². The van der Waals surface area contributed by atoms with Gasteiger partial charge in [0.1, 0.15) is 10.8 Å². The van der Waals surface area contributed by atoms with Gasteiger partial charge in [0.25, 0.3) is 0 Å². The van der Waals surface area contributed by atoms with Crippen LogP contribution in [0.2, 0.25) is 0 Å². The Hall–Kier alpha value is -0.420. The standard InChI is InChI=1S/C10H17N3S2/c1-7(2)4-5-15-9-6-8(11)12-10(13-9)14-3/h6-7H,4-5H2,1-3H3,(H2,11,12,13). The molecule has 0 amide bonds. The van der Waals surface area contributed by atoms with Gasteiger partial charge < -0.3 is 5.73 Å². The average Bonchev–Trinajstić information content (AvgIpc) is 2.16. The number of thioether (sulfide) groups is 2. The molecule has 84 valence electrons. The summed E-state index contributed by atoms with van der Waals surface area (Å²) in [4.78, 5) is 8.50. The first-order valence-corrected chi connectivity index (χ1v) is 7.14. The molecule has 0 fully saturated rings. The lowest BCUT2D eigenvalue weighted by atomic mass is 10.2. The SMILES string of the molecule is CSc1nc(N)cc(SCCC(C)C)n1. The van der Waals surface area contributed by atoms with E-state index in [1.54, 1.807) is 11.8 Å². The zero-order chi connectivity index (χ0) is 11.3. The van der Waals surface area contributed by atoms with E-state index in [9.17, 15) is 0 Å². The average molecular weight is 243 g/mol. The van der Waals surface area contributed by atoms with E-state index in [2.05, 4.69) is 23.8 Å². The van der Waals surface area contributed by atoms with Crippen molar-refractivity contribution in [1.82, 2.24) is 9.97 Å². The molecular weight excluding hydrogens is 226 g/mol. The van der Waals surface area contributed by atoms with Gasteiger partial charge >= 0.3 is 0 Å². The van der Waals surface area contributed by atoms with E-state index >= 15 is 0 Å². The highest BCUT2D eigenvalue weighted by Crippen LogP contribution is 2.22. The van der Waals surface area contributed by atoms with Crippen molar-refractivity contribution in [1.29, 1.82) is 0 Å². The second-order valence-electron chi connectivity index (χ2n) is 3.65. The molecule has 1 heterocycles. The Morgan fingerprint density at radius 2 is 2.13 bits per heavy atom. The summed E-state index contributed by atoms with van der Waals surface area (Å²) in [5.74, 6) is 2.38. The highest BCUT2D eigenvalue weighted by Gasteiger charge is 2.03. The maximum Gasteiger partial charge on any atom is 0.190 e. The summed E-state index contributed by atoms with van der Waals surface area (Å²) >= 11 is 3.27. The van der Waals surface area contributed by atoms with Crippen LogP contribution < -0.4 is 5.73 Å². The summed E-state index contributed by atoms with van der Waals surface area (Å²) in [6, 6.07) is 1.84. The van der Waals surface area contributed by atoms with Gasteiger partial charge in [-0.15, -0.1) is 11.8 Å². The van der Waals surface area contributed by atoms with E-state index in [-0.39, 0.29) is 0 Å². The first kappa shape index (κ1) is 12.6. The molecule has 0 bridgehead atoms. The van der Waals surface area contributed by atoms with Crippen LogP contribution in [0.25, 0.3) is 0 Å². The number of nitrogens with two attached hydrogens (primary N) is 1. The number of hydrogen-bond acceptors (Lipinski definition) is 5. The molecule has 5 heteroatoms. The fourth-order valence-electron chi connectivity index (χ4n) is 0.985. The third kappa shape index (κ3) is 4.75. The Kier molecular flexibility index (Phi) is 5.25. The van der Waals surface area contributed by atoms with E-state index in [1.807, 2.05) is 12.3 Å². The van der Waals surface area contributed by atoms with Gasteiger partial charge in [0, 0.05) is 6.07 Å². The Bertz CT molecular complexity index is 316. The second-order valence-corrected chi connectivity index (χ2v) is 5.54. The lowest BCUT2D eigenvalue weighted by Gasteiger charge is -2.05. The van der Waals surface area contributed by atoms with Crippen molar-refractivity contribution in [3.63, 3.8) is 0 Å². The number of rotatable bonds is 5. The Balaban J connectivity index is 2.56. The first-order valence-electron chi connectivity index (χ1n) is 4.93. The Morgan fingerprint density at radius 1 is 1.40 bits per heavy atom. The first-order chi connectivity index (χ1) is 7.11. The van der Waals surface area contributed by atoms with Crippen molar-refractivity contribution < 1.29 is 0 Å². The molecule has 0 aliphatic rings. The van der Waals surface area contributed by atoms with Crippen molar-refractivity contribution in [3.8, 4) is 0 Å². The molecule has 0 saturated carbocycles. The maximum absolute atomic E-state index is 5.69. The molecule has 1 aromatic rings. The molecule has 0 unspecified atom stereocenters. The molecule has 0 aromatic carbocycles. The van der Waals surface area contributed by atoms with Crippen molar-refractivity contribution in [2.45, 2.75) is 30.5 Å². The molecule has 1 rings (SSSR count). The van der Waals surface area contributed by atoms with E-state index < -0.39 is 0 Å². The van der Waals surface area contributed by atoms with Crippen LogP contribution in [0.5, 0.6) is 0 Å². The molecule has 0 radical (unpaired) electrons. The van der Waals surface area contributed by atoms with Crippen LogP contribution >= 0.6 is 23.5 Å². The number of anilines is 1. The zero-order valence-corrected chi connectivity index (χ0v) is 11.0. The Labute approximate surface area is 99.6 Å². The van der Waals surface area contributed by atoms with Crippen molar-refractivity contribution in [2.75, 3.05) is 17.7 Å². The van der Waals surface area contributed by atoms with E-state index in [0.717, 1.165) is 21.9 Å². The zero-order valence-electron chi connectivity index (χ0n) is 9.36. The van der Waals surface area contributed by atoms with Gasteiger partial charge in [-0.2, -0.15) is 0 Å². The van der Waals surface area contributed by atoms with Gasteiger partial charge in [-0.05, 0) is 24.3 Å². The molecule has 2 N–H and O–H groups in total.